The minimum absolute atomic E-state index is 0.237. The molecule has 1 aliphatic carbocycles. The lowest BCUT2D eigenvalue weighted by atomic mass is 10.0. The first-order valence-corrected chi connectivity index (χ1v) is 12.2. The standard InChI is InChI=1S/C28H29N5O3/c1-4-6-23-25(20-11-13-24(36-3)30-16-20)27(33(32-23)26-17(2)7-5-14-29-26)31-22-12-10-19(18-8-9-18)15-21(22)28(34)35/h5,7,10-16,18,31H,4,6,8-9H2,1-3H3,(H,34,35). The molecule has 3 aromatic heterocycles. The van der Waals surface area contributed by atoms with E-state index in [9.17, 15) is 9.90 Å². The lowest BCUT2D eigenvalue weighted by Crippen LogP contribution is -2.09. The monoisotopic (exact) mass is 483 g/mol. The van der Waals surface area contributed by atoms with Gasteiger partial charge in [0.2, 0.25) is 5.88 Å². The van der Waals surface area contributed by atoms with Gasteiger partial charge in [-0.05, 0) is 67.5 Å². The molecule has 0 unspecified atom stereocenters. The number of hydrogen-bond donors (Lipinski definition) is 2. The highest BCUT2D eigenvalue weighted by molar-refractivity contribution is 5.96. The van der Waals surface area contributed by atoms with Gasteiger partial charge in [0.05, 0.1) is 24.1 Å². The Morgan fingerprint density at radius 2 is 2.03 bits per heavy atom. The molecule has 0 amide bonds. The quantitative estimate of drug-likeness (QED) is 0.305. The molecule has 184 valence electrons. The summed E-state index contributed by atoms with van der Waals surface area (Å²) in [7, 11) is 1.58. The van der Waals surface area contributed by atoms with Crippen LogP contribution in [0.25, 0.3) is 16.9 Å². The Balaban J connectivity index is 1.71. The van der Waals surface area contributed by atoms with Crippen molar-refractivity contribution in [2.45, 2.75) is 45.4 Å². The van der Waals surface area contributed by atoms with E-state index >= 15 is 0 Å². The van der Waals surface area contributed by atoms with Gasteiger partial charge in [-0.3, -0.25) is 0 Å². The van der Waals surface area contributed by atoms with Gasteiger partial charge >= 0.3 is 5.97 Å². The molecule has 4 aromatic rings. The fraction of sp³-hybridized carbons (Fsp3) is 0.286. The summed E-state index contributed by atoms with van der Waals surface area (Å²) >= 11 is 0. The van der Waals surface area contributed by atoms with Gasteiger partial charge in [0.15, 0.2) is 5.82 Å². The Hall–Kier alpha value is -4.20. The smallest absolute Gasteiger partial charge is 0.337 e. The van der Waals surface area contributed by atoms with Crippen LogP contribution in [-0.2, 0) is 6.42 Å². The first-order valence-electron chi connectivity index (χ1n) is 12.2. The zero-order valence-corrected chi connectivity index (χ0v) is 20.7. The fourth-order valence-corrected chi connectivity index (χ4v) is 4.44. The van der Waals surface area contributed by atoms with Crippen LogP contribution >= 0.6 is 0 Å². The largest absolute Gasteiger partial charge is 0.481 e. The minimum atomic E-state index is -0.971. The van der Waals surface area contributed by atoms with Crippen molar-refractivity contribution in [2.24, 2.45) is 0 Å². The zero-order chi connectivity index (χ0) is 25.2. The molecule has 8 heteroatoms. The number of aryl methyl sites for hydroxylation is 2. The van der Waals surface area contributed by atoms with Crippen molar-refractivity contribution in [3.8, 4) is 22.8 Å². The van der Waals surface area contributed by atoms with Crippen LogP contribution < -0.4 is 10.1 Å². The van der Waals surface area contributed by atoms with Crippen LogP contribution in [0.1, 0.15) is 59.3 Å². The van der Waals surface area contributed by atoms with Gasteiger partial charge in [0.1, 0.15) is 5.82 Å². The summed E-state index contributed by atoms with van der Waals surface area (Å²) in [5.41, 5.74) is 5.36. The van der Waals surface area contributed by atoms with E-state index in [1.54, 1.807) is 30.3 Å². The number of pyridine rings is 2. The molecule has 36 heavy (non-hydrogen) atoms. The number of aromatic carboxylic acids is 1. The maximum atomic E-state index is 12.3. The van der Waals surface area contributed by atoms with E-state index in [-0.39, 0.29) is 5.56 Å². The number of ether oxygens (including phenoxy) is 1. The van der Waals surface area contributed by atoms with Gasteiger partial charge < -0.3 is 15.2 Å². The van der Waals surface area contributed by atoms with Crippen LogP contribution in [0.4, 0.5) is 11.5 Å². The van der Waals surface area contributed by atoms with E-state index in [0.29, 0.717) is 29.1 Å². The predicted octanol–water partition coefficient (Wildman–Crippen LogP) is 5.92. The number of rotatable bonds is 9. The first-order chi connectivity index (χ1) is 17.5. The Labute approximate surface area is 210 Å². The van der Waals surface area contributed by atoms with Crippen LogP contribution in [0.3, 0.4) is 0 Å². The van der Waals surface area contributed by atoms with Crippen molar-refractivity contribution >= 4 is 17.5 Å². The second kappa shape index (κ2) is 9.81. The molecule has 5 rings (SSSR count). The highest BCUT2D eigenvalue weighted by Gasteiger charge is 2.27. The topological polar surface area (TPSA) is 102 Å². The number of aromatic nitrogens is 4. The van der Waals surface area contributed by atoms with E-state index in [0.717, 1.165) is 53.6 Å². The SMILES string of the molecule is CCCc1nn(-c2ncccc2C)c(Nc2ccc(C3CC3)cc2C(=O)O)c1-c1ccc(OC)nc1. The lowest BCUT2D eigenvalue weighted by molar-refractivity contribution is 0.0698. The maximum Gasteiger partial charge on any atom is 0.337 e. The van der Waals surface area contributed by atoms with Crippen LogP contribution in [-0.4, -0.2) is 37.9 Å². The molecular weight excluding hydrogens is 454 g/mol. The average Bonchev–Trinajstić information content (AvgIpc) is 3.68. The zero-order valence-electron chi connectivity index (χ0n) is 20.7. The summed E-state index contributed by atoms with van der Waals surface area (Å²) in [6, 6.07) is 13.3. The Morgan fingerprint density at radius 1 is 1.19 bits per heavy atom. The molecule has 1 aliphatic rings. The van der Waals surface area contributed by atoms with E-state index in [2.05, 4.69) is 22.2 Å². The molecule has 8 nitrogen and oxygen atoms in total. The minimum Gasteiger partial charge on any atom is -0.481 e. The summed E-state index contributed by atoms with van der Waals surface area (Å²) < 4.78 is 7.03. The summed E-state index contributed by atoms with van der Waals surface area (Å²) in [5.74, 6) is 1.32. The van der Waals surface area contributed by atoms with Crippen molar-refractivity contribution in [3.63, 3.8) is 0 Å². The van der Waals surface area contributed by atoms with E-state index in [1.807, 2.05) is 43.3 Å². The van der Waals surface area contributed by atoms with Gasteiger partial charge in [-0.15, -0.1) is 0 Å². The molecule has 0 spiro atoms. The molecule has 1 fully saturated rings. The molecule has 0 radical (unpaired) electrons. The Morgan fingerprint density at radius 3 is 2.67 bits per heavy atom. The molecule has 0 aliphatic heterocycles. The van der Waals surface area contributed by atoms with Crippen molar-refractivity contribution < 1.29 is 14.6 Å². The second-order valence-electron chi connectivity index (χ2n) is 9.07. The molecule has 0 bridgehead atoms. The molecule has 1 aromatic carbocycles. The highest BCUT2D eigenvalue weighted by atomic mass is 16.5. The van der Waals surface area contributed by atoms with E-state index in [1.165, 1.54) is 0 Å². The van der Waals surface area contributed by atoms with Crippen LogP contribution in [0, 0.1) is 6.92 Å². The van der Waals surface area contributed by atoms with Gasteiger partial charge in [0, 0.05) is 29.6 Å². The van der Waals surface area contributed by atoms with Gasteiger partial charge in [-0.2, -0.15) is 9.78 Å². The molecule has 3 heterocycles. The van der Waals surface area contributed by atoms with Crippen LogP contribution in [0.5, 0.6) is 5.88 Å². The summed E-state index contributed by atoms with van der Waals surface area (Å²) in [6.45, 7) is 4.09. The summed E-state index contributed by atoms with van der Waals surface area (Å²) in [6.07, 6.45) is 7.32. The second-order valence-corrected chi connectivity index (χ2v) is 9.07. The fourth-order valence-electron chi connectivity index (χ4n) is 4.44. The Kier molecular flexibility index (Phi) is 6.41. The number of carboxylic acids is 1. The van der Waals surface area contributed by atoms with Gasteiger partial charge in [0.25, 0.3) is 0 Å². The van der Waals surface area contributed by atoms with E-state index in [4.69, 9.17) is 9.84 Å². The lowest BCUT2D eigenvalue weighted by Gasteiger charge is -2.16. The summed E-state index contributed by atoms with van der Waals surface area (Å²) in [4.78, 5) is 21.3. The van der Waals surface area contributed by atoms with Gasteiger partial charge in [-0.1, -0.05) is 25.5 Å². The van der Waals surface area contributed by atoms with E-state index < -0.39 is 5.97 Å². The Bertz CT molecular complexity index is 1410. The van der Waals surface area contributed by atoms with Crippen molar-refractivity contribution in [3.05, 3.63) is 77.2 Å². The molecule has 2 N–H and O–H groups in total. The number of nitrogens with zero attached hydrogens (tertiary/aromatic N) is 4. The normalized spacial score (nSPS) is 13.0. The van der Waals surface area contributed by atoms with Crippen molar-refractivity contribution in [2.75, 3.05) is 12.4 Å². The number of hydrogen-bond acceptors (Lipinski definition) is 6. The predicted molar refractivity (Wildman–Crippen MR) is 139 cm³/mol. The molecule has 0 atom stereocenters. The molecular formula is C28H29N5O3. The third kappa shape index (κ3) is 4.54. The number of anilines is 2. The number of benzene rings is 1. The average molecular weight is 484 g/mol. The number of carboxylic acid groups (broad SMARTS) is 1. The number of carbonyl (C=O) groups is 1. The molecule has 1 saturated carbocycles. The summed E-state index contributed by atoms with van der Waals surface area (Å²) in [5, 5.41) is 18.4. The van der Waals surface area contributed by atoms with Gasteiger partial charge in [-0.25, -0.2) is 14.8 Å². The third-order valence-corrected chi connectivity index (χ3v) is 6.44. The highest BCUT2D eigenvalue weighted by Crippen LogP contribution is 2.42. The van der Waals surface area contributed by atoms with Crippen molar-refractivity contribution in [1.82, 2.24) is 19.7 Å². The van der Waals surface area contributed by atoms with Crippen LogP contribution in [0.15, 0.2) is 54.9 Å². The van der Waals surface area contributed by atoms with Crippen molar-refractivity contribution in [1.29, 1.82) is 0 Å². The number of nitrogens with one attached hydrogen (secondary N) is 1. The maximum absolute atomic E-state index is 12.3. The first kappa shape index (κ1) is 23.5. The number of methoxy groups -OCH3 is 1. The van der Waals surface area contributed by atoms with Crippen LogP contribution in [0.2, 0.25) is 0 Å². The molecule has 0 saturated heterocycles. The third-order valence-electron chi connectivity index (χ3n) is 6.44.